The Labute approximate surface area is 152 Å². The monoisotopic (exact) mass is 341 g/mol. The normalized spacial score (nSPS) is 10.8. The molecule has 2 aromatic carbocycles. The van der Waals surface area contributed by atoms with Gasteiger partial charge in [-0.25, -0.2) is 15.0 Å². The Morgan fingerprint density at radius 3 is 2.31 bits per heavy atom. The van der Waals surface area contributed by atoms with Crippen LogP contribution in [0.15, 0.2) is 66.7 Å². The molecule has 0 aliphatic heterocycles. The average molecular weight is 341 g/mol. The molecule has 2 heterocycles. The first kappa shape index (κ1) is 16.0. The van der Waals surface area contributed by atoms with E-state index in [-0.39, 0.29) is 5.95 Å². The van der Waals surface area contributed by atoms with E-state index < -0.39 is 0 Å². The van der Waals surface area contributed by atoms with E-state index in [0.717, 1.165) is 39.2 Å². The van der Waals surface area contributed by atoms with Crippen molar-refractivity contribution in [1.29, 1.82) is 0 Å². The molecule has 4 aromatic rings. The molecule has 0 saturated carbocycles. The molecular weight excluding hydrogens is 322 g/mol. The van der Waals surface area contributed by atoms with Gasteiger partial charge >= 0.3 is 0 Å². The van der Waals surface area contributed by atoms with Crippen molar-refractivity contribution >= 4 is 22.7 Å². The molecule has 26 heavy (non-hydrogen) atoms. The number of aromatic nitrogens is 3. The zero-order chi connectivity index (χ0) is 18.1. The third-order valence-electron chi connectivity index (χ3n) is 4.27. The summed E-state index contributed by atoms with van der Waals surface area (Å²) in [4.78, 5) is 15.7. The number of benzene rings is 2. The summed E-state index contributed by atoms with van der Waals surface area (Å²) in [5, 5.41) is 0. The fourth-order valence-electron chi connectivity index (χ4n) is 2.93. The summed E-state index contributed by atoms with van der Waals surface area (Å²) in [6.07, 6.45) is 0. The number of pyridine rings is 1. The van der Waals surface area contributed by atoms with Gasteiger partial charge in [0.15, 0.2) is 0 Å². The Hall–Kier alpha value is -3.47. The molecule has 0 aliphatic rings. The number of nitrogens with zero attached hydrogens (tertiary/aromatic N) is 4. The molecule has 0 saturated heterocycles. The van der Waals surface area contributed by atoms with Gasteiger partial charge in [-0.2, -0.15) is 0 Å². The summed E-state index contributed by atoms with van der Waals surface area (Å²) in [6, 6.07) is 22.1. The number of rotatable bonds is 3. The first-order valence-electron chi connectivity index (χ1n) is 8.39. The van der Waals surface area contributed by atoms with E-state index in [0.29, 0.717) is 0 Å². The lowest BCUT2D eigenvalue weighted by Gasteiger charge is -2.14. The van der Waals surface area contributed by atoms with Crippen molar-refractivity contribution < 1.29 is 0 Å². The van der Waals surface area contributed by atoms with Crippen molar-refractivity contribution in [2.24, 2.45) is 0 Å². The Morgan fingerprint density at radius 2 is 1.54 bits per heavy atom. The number of hydrogen-bond acceptors (Lipinski definition) is 5. The topological polar surface area (TPSA) is 67.9 Å². The Bertz CT molecular complexity index is 1070. The Morgan fingerprint density at radius 1 is 0.769 bits per heavy atom. The van der Waals surface area contributed by atoms with Crippen LogP contribution in [-0.4, -0.2) is 29.0 Å². The van der Waals surface area contributed by atoms with Crippen molar-refractivity contribution in [3.05, 3.63) is 66.7 Å². The van der Waals surface area contributed by atoms with Gasteiger partial charge in [0.2, 0.25) is 5.95 Å². The fraction of sp³-hybridized carbons (Fsp3) is 0.0952. The lowest BCUT2D eigenvalue weighted by molar-refractivity contribution is 1.13. The van der Waals surface area contributed by atoms with Gasteiger partial charge in [0.1, 0.15) is 11.2 Å². The van der Waals surface area contributed by atoms with Crippen LogP contribution in [0.5, 0.6) is 0 Å². The van der Waals surface area contributed by atoms with Crippen molar-refractivity contribution in [2.75, 3.05) is 24.7 Å². The third kappa shape index (κ3) is 2.95. The van der Waals surface area contributed by atoms with E-state index in [1.165, 1.54) is 0 Å². The minimum Gasteiger partial charge on any atom is -0.378 e. The molecule has 4 rings (SSSR count). The van der Waals surface area contributed by atoms with Crippen LogP contribution < -0.4 is 10.6 Å². The van der Waals surface area contributed by atoms with E-state index >= 15 is 0 Å². The lowest BCUT2D eigenvalue weighted by atomic mass is 10.1. The molecule has 128 valence electrons. The summed E-state index contributed by atoms with van der Waals surface area (Å²) in [5.41, 5.74) is 12.2. The second kappa shape index (κ2) is 6.44. The molecule has 0 aliphatic carbocycles. The maximum atomic E-state index is 5.91. The molecule has 0 unspecified atom stereocenters. The zero-order valence-corrected chi connectivity index (χ0v) is 14.7. The van der Waals surface area contributed by atoms with Gasteiger partial charge in [0.25, 0.3) is 0 Å². The zero-order valence-electron chi connectivity index (χ0n) is 14.7. The number of hydrogen-bond donors (Lipinski definition) is 1. The first-order valence-corrected chi connectivity index (χ1v) is 8.39. The quantitative estimate of drug-likeness (QED) is 0.610. The summed E-state index contributed by atoms with van der Waals surface area (Å²) in [7, 11) is 4.05. The summed E-state index contributed by atoms with van der Waals surface area (Å²) in [6.45, 7) is 0. The number of fused-ring (bicyclic) bond motifs is 1. The van der Waals surface area contributed by atoms with E-state index in [2.05, 4.69) is 33.1 Å². The number of nitrogens with two attached hydrogens (primary N) is 1. The highest BCUT2D eigenvalue weighted by Gasteiger charge is 2.12. The molecule has 5 heteroatoms. The van der Waals surface area contributed by atoms with Gasteiger partial charge in [-0.3, -0.25) is 0 Å². The minimum atomic E-state index is 0.250. The van der Waals surface area contributed by atoms with Gasteiger partial charge in [0, 0.05) is 30.9 Å². The summed E-state index contributed by atoms with van der Waals surface area (Å²) in [5.74, 6) is 0.250. The molecule has 0 fully saturated rings. The van der Waals surface area contributed by atoms with Crippen LogP contribution in [0.4, 0.5) is 11.6 Å². The minimum absolute atomic E-state index is 0.250. The van der Waals surface area contributed by atoms with Crippen molar-refractivity contribution in [3.8, 4) is 22.5 Å². The summed E-state index contributed by atoms with van der Waals surface area (Å²) < 4.78 is 0. The third-order valence-corrected chi connectivity index (χ3v) is 4.27. The highest BCUT2D eigenvalue weighted by atomic mass is 15.1. The van der Waals surface area contributed by atoms with Gasteiger partial charge in [0.05, 0.1) is 11.2 Å². The number of nitrogen functional groups attached to an aromatic ring is 1. The largest absolute Gasteiger partial charge is 0.378 e. The molecule has 0 radical (unpaired) electrons. The van der Waals surface area contributed by atoms with Gasteiger partial charge in [-0.05, 0) is 24.3 Å². The van der Waals surface area contributed by atoms with Crippen molar-refractivity contribution in [3.63, 3.8) is 0 Å². The van der Waals surface area contributed by atoms with Gasteiger partial charge < -0.3 is 10.6 Å². The maximum Gasteiger partial charge on any atom is 0.221 e. The second-order valence-corrected chi connectivity index (χ2v) is 6.31. The molecule has 0 amide bonds. The summed E-state index contributed by atoms with van der Waals surface area (Å²) >= 11 is 0. The predicted octanol–water partition coefficient (Wildman–Crippen LogP) is 4.01. The van der Waals surface area contributed by atoms with Crippen molar-refractivity contribution in [1.82, 2.24) is 15.0 Å². The molecule has 0 atom stereocenters. The van der Waals surface area contributed by atoms with E-state index in [1.54, 1.807) is 0 Å². The van der Waals surface area contributed by atoms with Crippen LogP contribution in [0.25, 0.3) is 33.5 Å². The maximum absolute atomic E-state index is 5.91. The molecule has 2 aromatic heterocycles. The standard InChI is InChI=1S/C21H19N5/c1-26(2)16-10-6-9-15(13-16)17-11-12-18-20(23-17)19(25-21(22)24-18)14-7-4-3-5-8-14/h3-13H,1-2H3,(H2,22,24,25). The van der Waals surface area contributed by atoms with E-state index in [9.17, 15) is 0 Å². The van der Waals surface area contributed by atoms with E-state index in [1.807, 2.05) is 62.6 Å². The van der Waals surface area contributed by atoms with Crippen LogP contribution >= 0.6 is 0 Å². The highest BCUT2D eigenvalue weighted by molar-refractivity contribution is 5.91. The van der Waals surface area contributed by atoms with E-state index in [4.69, 9.17) is 10.7 Å². The number of anilines is 2. The van der Waals surface area contributed by atoms with Crippen LogP contribution in [0.1, 0.15) is 0 Å². The van der Waals surface area contributed by atoms with Gasteiger partial charge in [-0.15, -0.1) is 0 Å². The van der Waals surface area contributed by atoms with Crippen molar-refractivity contribution in [2.45, 2.75) is 0 Å². The smallest absolute Gasteiger partial charge is 0.221 e. The Balaban J connectivity index is 1.92. The van der Waals surface area contributed by atoms with Gasteiger partial charge in [-0.1, -0.05) is 42.5 Å². The fourth-order valence-corrected chi connectivity index (χ4v) is 2.93. The predicted molar refractivity (Wildman–Crippen MR) is 107 cm³/mol. The molecule has 5 nitrogen and oxygen atoms in total. The molecular formula is C21H19N5. The SMILES string of the molecule is CN(C)c1cccc(-c2ccc3nc(N)nc(-c4ccccc4)c3n2)c1. The van der Waals surface area contributed by atoms with Crippen LogP contribution in [0, 0.1) is 0 Å². The van der Waals surface area contributed by atoms with Crippen LogP contribution in [0.2, 0.25) is 0 Å². The highest BCUT2D eigenvalue weighted by Crippen LogP contribution is 2.29. The lowest BCUT2D eigenvalue weighted by Crippen LogP contribution is -2.08. The first-order chi connectivity index (χ1) is 12.6. The van der Waals surface area contributed by atoms with Crippen LogP contribution in [0.3, 0.4) is 0 Å². The Kier molecular flexibility index (Phi) is 3.97. The second-order valence-electron chi connectivity index (χ2n) is 6.31. The van der Waals surface area contributed by atoms with Crippen LogP contribution in [-0.2, 0) is 0 Å². The molecule has 0 spiro atoms. The average Bonchev–Trinajstić information content (AvgIpc) is 2.67. The molecule has 0 bridgehead atoms. The molecule has 2 N–H and O–H groups in total.